The lowest BCUT2D eigenvalue weighted by molar-refractivity contribution is -0.125. The highest BCUT2D eigenvalue weighted by atomic mass is 32.1. The van der Waals surface area contributed by atoms with Gasteiger partial charge >= 0.3 is 6.09 Å². The molecule has 0 saturated carbocycles. The lowest BCUT2D eigenvalue weighted by Gasteiger charge is -2.25. The number of amides is 2. The number of nitrogens with one attached hydrogen (secondary N) is 1. The van der Waals surface area contributed by atoms with Gasteiger partial charge in [-0.1, -0.05) is 25.2 Å². The standard InChI is InChI=1S/C15H15FN2O4S/c1-2-8-9(16)4-3-5-10(8)17-13(23)12-11(19)6-7-18(14(12)20)15(21)22/h3-5,19H,2,6-7H2,1H3,(H,17,23)(H,21,22). The van der Waals surface area contributed by atoms with Crippen molar-refractivity contribution in [3.63, 3.8) is 0 Å². The summed E-state index contributed by atoms with van der Waals surface area (Å²) in [7, 11) is 0. The van der Waals surface area contributed by atoms with Gasteiger partial charge in [0.05, 0.1) is 0 Å². The second-order valence-electron chi connectivity index (χ2n) is 4.88. The summed E-state index contributed by atoms with van der Waals surface area (Å²) in [5.74, 6) is -1.59. The quantitative estimate of drug-likeness (QED) is 0.734. The first-order chi connectivity index (χ1) is 10.9. The second-order valence-corrected chi connectivity index (χ2v) is 5.29. The molecule has 1 aliphatic heterocycles. The highest BCUT2D eigenvalue weighted by Crippen LogP contribution is 2.24. The fourth-order valence-electron chi connectivity index (χ4n) is 2.33. The minimum Gasteiger partial charge on any atom is -0.511 e. The number of aliphatic hydroxyl groups is 1. The molecular formula is C15H15FN2O4S. The lowest BCUT2D eigenvalue weighted by atomic mass is 10.1. The zero-order valence-corrected chi connectivity index (χ0v) is 13.1. The molecule has 3 N–H and O–H groups in total. The lowest BCUT2D eigenvalue weighted by Crippen LogP contribution is -2.43. The van der Waals surface area contributed by atoms with Gasteiger partial charge in [-0.25, -0.2) is 14.1 Å². The van der Waals surface area contributed by atoms with Crippen molar-refractivity contribution in [3.05, 3.63) is 40.9 Å². The predicted octanol–water partition coefficient (Wildman–Crippen LogP) is 2.85. The highest BCUT2D eigenvalue weighted by molar-refractivity contribution is 7.81. The van der Waals surface area contributed by atoms with Gasteiger partial charge in [0.1, 0.15) is 22.1 Å². The molecule has 122 valence electrons. The SMILES string of the molecule is CCc1c(F)cccc1NC(=S)C1=C(O)CCN(C(=O)O)C1=O. The fraction of sp³-hybridized carbons (Fsp3) is 0.267. The van der Waals surface area contributed by atoms with Crippen LogP contribution < -0.4 is 5.32 Å². The predicted molar refractivity (Wildman–Crippen MR) is 86.0 cm³/mol. The Morgan fingerprint density at radius 1 is 1.48 bits per heavy atom. The van der Waals surface area contributed by atoms with Crippen LogP contribution in [0.4, 0.5) is 14.9 Å². The van der Waals surface area contributed by atoms with E-state index in [0.29, 0.717) is 22.6 Å². The van der Waals surface area contributed by atoms with E-state index in [1.54, 1.807) is 13.0 Å². The molecule has 0 bridgehead atoms. The van der Waals surface area contributed by atoms with E-state index < -0.39 is 17.8 Å². The van der Waals surface area contributed by atoms with Gasteiger partial charge in [-0.3, -0.25) is 4.79 Å². The number of nitrogens with zero attached hydrogens (tertiary/aromatic N) is 1. The topological polar surface area (TPSA) is 89.9 Å². The molecule has 8 heteroatoms. The maximum atomic E-state index is 13.8. The Kier molecular flexibility index (Phi) is 4.95. The Morgan fingerprint density at radius 2 is 2.17 bits per heavy atom. The Balaban J connectivity index is 2.32. The van der Waals surface area contributed by atoms with Crippen molar-refractivity contribution in [2.45, 2.75) is 19.8 Å². The van der Waals surface area contributed by atoms with E-state index in [1.807, 2.05) is 0 Å². The molecule has 6 nitrogen and oxygen atoms in total. The molecular weight excluding hydrogens is 323 g/mol. The molecule has 0 saturated heterocycles. The van der Waals surface area contributed by atoms with Crippen LogP contribution >= 0.6 is 12.2 Å². The van der Waals surface area contributed by atoms with Gasteiger partial charge in [-0.05, 0) is 18.6 Å². The van der Waals surface area contributed by atoms with Gasteiger partial charge in [0.2, 0.25) is 0 Å². The normalized spacial score (nSPS) is 14.9. The summed E-state index contributed by atoms with van der Waals surface area (Å²) in [4.78, 5) is 23.6. The smallest absolute Gasteiger partial charge is 0.414 e. The van der Waals surface area contributed by atoms with Crippen LogP contribution in [0.1, 0.15) is 18.9 Å². The molecule has 1 aromatic carbocycles. The molecule has 0 spiro atoms. The number of thiocarbonyl (C=S) groups is 1. The first kappa shape index (κ1) is 16.9. The van der Waals surface area contributed by atoms with Gasteiger partial charge in [0.15, 0.2) is 0 Å². The third kappa shape index (κ3) is 3.31. The molecule has 1 aliphatic rings. The average molecular weight is 338 g/mol. The van der Waals surface area contributed by atoms with Gasteiger partial charge in [0.25, 0.3) is 5.91 Å². The number of carboxylic acid groups (broad SMARTS) is 1. The van der Waals surface area contributed by atoms with Crippen molar-refractivity contribution < 1.29 is 24.2 Å². The van der Waals surface area contributed by atoms with Crippen molar-refractivity contribution in [1.82, 2.24) is 4.90 Å². The van der Waals surface area contributed by atoms with E-state index in [2.05, 4.69) is 5.32 Å². The number of carbonyl (C=O) groups excluding carboxylic acids is 1. The fourth-order valence-corrected chi connectivity index (χ4v) is 2.65. The summed E-state index contributed by atoms with van der Waals surface area (Å²) in [6, 6.07) is 4.38. The number of hydrogen-bond acceptors (Lipinski definition) is 4. The van der Waals surface area contributed by atoms with Crippen LogP contribution in [0.25, 0.3) is 0 Å². The number of halogens is 1. The Morgan fingerprint density at radius 3 is 2.78 bits per heavy atom. The third-order valence-corrected chi connectivity index (χ3v) is 3.80. The van der Waals surface area contributed by atoms with Crippen LogP contribution in [-0.4, -0.2) is 38.6 Å². The van der Waals surface area contributed by atoms with Crippen LogP contribution in [0.3, 0.4) is 0 Å². The Labute approximate surface area is 137 Å². The maximum absolute atomic E-state index is 13.8. The van der Waals surface area contributed by atoms with Gasteiger partial charge in [-0.2, -0.15) is 0 Å². The van der Waals surface area contributed by atoms with E-state index >= 15 is 0 Å². The molecule has 0 aliphatic carbocycles. The molecule has 0 fully saturated rings. The second kappa shape index (κ2) is 6.74. The van der Waals surface area contributed by atoms with Crippen molar-refractivity contribution in [2.24, 2.45) is 0 Å². The van der Waals surface area contributed by atoms with E-state index in [9.17, 15) is 19.1 Å². The summed E-state index contributed by atoms with van der Waals surface area (Å²) < 4.78 is 13.8. The monoisotopic (exact) mass is 338 g/mol. The molecule has 0 aromatic heterocycles. The molecule has 2 rings (SSSR count). The number of carbonyl (C=O) groups is 2. The number of anilines is 1. The van der Waals surface area contributed by atoms with Crippen molar-refractivity contribution in [2.75, 3.05) is 11.9 Å². The number of rotatable bonds is 3. The highest BCUT2D eigenvalue weighted by Gasteiger charge is 2.33. The number of benzene rings is 1. The van der Waals surface area contributed by atoms with Crippen molar-refractivity contribution >= 4 is 34.9 Å². The van der Waals surface area contributed by atoms with E-state index in [0.717, 1.165) is 0 Å². The molecule has 0 atom stereocenters. The Bertz CT molecular complexity index is 717. The molecule has 2 amide bonds. The van der Waals surface area contributed by atoms with Crippen LogP contribution in [0, 0.1) is 5.82 Å². The largest absolute Gasteiger partial charge is 0.511 e. The van der Waals surface area contributed by atoms with E-state index in [-0.39, 0.29) is 29.3 Å². The summed E-state index contributed by atoms with van der Waals surface area (Å²) in [6.45, 7) is 1.63. The van der Waals surface area contributed by atoms with Gasteiger partial charge in [-0.15, -0.1) is 0 Å². The molecule has 1 aromatic rings. The molecule has 0 unspecified atom stereocenters. The maximum Gasteiger partial charge on any atom is 0.414 e. The zero-order valence-electron chi connectivity index (χ0n) is 12.3. The number of imide groups is 1. The first-order valence-electron chi connectivity index (χ1n) is 6.92. The number of aliphatic hydroxyl groups excluding tert-OH is 1. The van der Waals surface area contributed by atoms with Crippen molar-refractivity contribution in [3.8, 4) is 0 Å². The van der Waals surface area contributed by atoms with E-state index in [1.165, 1.54) is 12.1 Å². The van der Waals surface area contributed by atoms with Crippen LogP contribution in [0.15, 0.2) is 29.5 Å². The molecule has 23 heavy (non-hydrogen) atoms. The summed E-state index contributed by atoms with van der Waals surface area (Å²) in [5, 5.41) is 21.6. The van der Waals surface area contributed by atoms with E-state index in [4.69, 9.17) is 17.3 Å². The number of hydrogen-bond donors (Lipinski definition) is 3. The van der Waals surface area contributed by atoms with Gasteiger partial charge in [0, 0.05) is 24.2 Å². The van der Waals surface area contributed by atoms with Crippen LogP contribution in [0.2, 0.25) is 0 Å². The van der Waals surface area contributed by atoms with Gasteiger partial charge < -0.3 is 15.5 Å². The molecule has 1 heterocycles. The Hall–Kier alpha value is -2.48. The average Bonchev–Trinajstić information content (AvgIpc) is 2.47. The molecule has 0 radical (unpaired) electrons. The third-order valence-electron chi connectivity index (χ3n) is 3.50. The first-order valence-corrected chi connectivity index (χ1v) is 7.33. The summed E-state index contributed by atoms with van der Waals surface area (Å²) in [5.41, 5.74) is 0.478. The van der Waals surface area contributed by atoms with Crippen LogP contribution in [-0.2, 0) is 11.2 Å². The van der Waals surface area contributed by atoms with Crippen LogP contribution in [0.5, 0.6) is 0 Å². The zero-order chi connectivity index (χ0) is 17.1. The summed E-state index contributed by atoms with van der Waals surface area (Å²) in [6.07, 6.45) is -1.03. The van der Waals surface area contributed by atoms with Crippen molar-refractivity contribution in [1.29, 1.82) is 0 Å². The minimum atomic E-state index is -1.41. The summed E-state index contributed by atoms with van der Waals surface area (Å²) >= 11 is 5.11. The minimum absolute atomic E-state index is 0.0149.